The van der Waals surface area contributed by atoms with Crippen LogP contribution in [0.2, 0.25) is 0 Å². The van der Waals surface area contributed by atoms with Gasteiger partial charge in [0, 0.05) is 25.7 Å². The molecule has 3 nitrogen and oxygen atoms in total. The largest absolute Gasteiger partial charge is 0.342 e. The fraction of sp³-hybridized carbons (Fsp3) is 0.533. The van der Waals surface area contributed by atoms with Crippen LogP contribution in [0.4, 0.5) is 8.78 Å². The van der Waals surface area contributed by atoms with Crippen molar-refractivity contribution in [2.45, 2.75) is 25.7 Å². The molecule has 1 aromatic carbocycles. The van der Waals surface area contributed by atoms with E-state index in [9.17, 15) is 13.6 Å². The molecule has 1 heterocycles. The maximum absolute atomic E-state index is 13.2. The van der Waals surface area contributed by atoms with Gasteiger partial charge in [-0.1, -0.05) is 0 Å². The van der Waals surface area contributed by atoms with E-state index in [1.807, 2.05) is 4.90 Å². The summed E-state index contributed by atoms with van der Waals surface area (Å²) in [5.74, 6) is -1.66. The van der Waals surface area contributed by atoms with Crippen LogP contribution in [0.3, 0.4) is 0 Å². The second-order valence-corrected chi connectivity index (χ2v) is 5.30. The molecule has 1 unspecified atom stereocenters. The summed E-state index contributed by atoms with van der Waals surface area (Å²) >= 11 is 0. The van der Waals surface area contributed by atoms with Crippen LogP contribution in [0.5, 0.6) is 0 Å². The Labute approximate surface area is 117 Å². The van der Waals surface area contributed by atoms with Crippen molar-refractivity contribution in [2.24, 2.45) is 11.7 Å². The Morgan fingerprint density at radius 3 is 2.30 bits per heavy atom. The SMILES string of the molecule is NCC(Cc1cc(F)cc(F)c1)C(=O)N1CCCCC1. The molecule has 0 bridgehead atoms. The second kappa shape index (κ2) is 6.79. The number of piperidine rings is 1. The maximum atomic E-state index is 13.2. The molecule has 2 rings (SSSR count). The highest BCUT2D eigenvalue weighted by Gasteiger charge is 2.24. The Bertz CT molecular complexity index is 453. The molecule has 0 radical (unpaired) electrons. The van der Waals surface area contributed by atoms with Crippen LogP contribution in [0.1, 0.15) is 24.8 Å². The Balaban J connectivity index is 2.05. The zero-order valence-electron chi connectivity index (χ0n) is 11.4. The van der Waals surface area contributed by atoms with Crippen molar-refractivity contribution < 1.29 is 13.6 Å². The van der Waals surface area contributed by atoms with E-state index in [2.05, 4.69) is 0 Å². The fourth-order valence-electron chi connectivity index (χ4n) is 2.66. The van der Waals surface area contributed by atoms with Gasteiger partial charge in [0.1, 0.15) is 11.6 Å². The molecule has 1 atom stereocenters. The number of rotatable bonds is 4. The van der Waals surface area contributed by atoms with Gasteiger partial charge < -0.3 is 10.6 Å². The molecule has 20 heavy (non-hydrogen) atoms. The molecule has 0 spiro atoms. The normalized spacial score (nSPS) is 17.1. The number of benzene rings is 1. The summed E-state index contributed by atoms with van der Waals surface area (Å²) in [7, 11) is 0. The van der Waals surface area contributed by atoms with Crippen molar-refractivity contribution in [2.75, 3.05) is 19.6 Å². The number of nitrogens with two attached hydrogens (primary N) is 1. The number of amides is 1. The molecular formula is C15H20F2N2O. The molecule has 110 valence electrons. The van der Waals surface area contributed by atoms with Crippen LogP contribution in [-0.2, 0) is 11.2 Å². The van der Waals surface area contributed by atoms with E-state index in [0.29, 0.717) is 5.56 Å². The van der Waals surface area contributed by atoms with Gasteiger partial charge in [-0.15, -0.1) is 0 Å². The van der Waals surface area contributed by atoms with Crippen LogP contribution in [0.25, 0.3) is 0 Å². The van der Waals surface area contributed by atoms with Gasteiger partial charge in [0.25, 0.3) is 0 Å². The topological polar surface area (TPSA) is 46.3 Å². The smallest absolute Gasteiger partial charge is 0.227 e. The minimum Gasteiger partial charge on any atom is -0.342 e. The molecule has 0 aliphatic carbocycles. The van der Waals surface area contributed by atoms with Gasteiger partial charge in [-0.3, -0.25) is 4.79 Å². The first-order valence-corrected chi connectivity index (χ1v) is 7.04. The predicted octanol–water partition coefficient (Wildman–Crippen LogP) is 2.09. The number of hydrogen-bond donors (Lipinski definition) is 1. The maximum Gasteiger partial charge on any atom is 0.227 e. The minimum atomic E-state index is -0.624. The molecule has 1 aliphatic rings. The highest BCUT2D eigenvalue weighted by molar-refractivity contribution is 5.79. The fourth-order valence-corrected chi connectivity index (χ4v) is 2.66. The van der Waals surface area contributed by atoms with Crippen molar-refractivity contribution in [1.82, 2.24) is 4.90 Å². The van der Waals surface area contributed by atoms with Crippen molar-refractivity contribution in [3.05, 3.63) is 35.4 Å². The van der Waals surface area contributed by atoms with Crippen LogP contribution in [0.15, 0.2) is 18.2 Å². The lowest BCUT2D eigenvalue weighted by atomic mass is 9.96. The zero-order chi connectivity index (χ0) is 14.5. The van der Waals surface area contributed by atoms with Gasteiger partial charge in [0.15, 0.2) is 0 Å². The summed E-state index contributed by atoms with van der Waals surface area (Å²) in [5.41, 5.74) is 6.14. The summed E-state index contributed by atoms with van der Waals surface area (Å²) in [5, 5.41) is 0. The average molecular weight is 282 g/mol. The number of hydrogen-bond acceptors (Lipinski definition) is 2. The van der Waals surface area contributed by atoms with Crippen LogP contribution in [-0.4, -0.2) is 30.4 Å². The summed E-state index contributed by atoms with van der Waals surface area (Å²) in [4.78, 5) is 14.2. The Morgan fingerprint density at radius 1 is 1.15 bits per heavy atom. The van der Waals surface area contributed by atoms with E-state index in [0.717, 1.165) is 38.4 Å². The second-order valence-electron chi connectivity index (χ2n) is 5.30. The summed E-state index contributed by atoms with van der Waals surface area (Å²) in [6, 6.07) is 3.35. The van der Waals surface area contributed by atoms with E-state index in [1.54, 1.807) is 0 Å². The number of carbonyl (C=O) groups is 1. The number of halogens is 2. The Kier molecular flexibility index (Phi) is 5.06. The molecule has 1 aromatic rings. The molecule has 1 amide bonds. The number of carbonyl (C=O) groups excluding carboxylic acids is 1. The third-order valence-electron chi connectivity index (χ3n) is 3.71. The summed E-state index contributed by atoms with van der Waals surface area (Å²) in [6.07, 6.45) is 3.45. The van der Waals surface area contributed by atoms with E-state index in [1.165, 1.54) is 12.1 Å². The van der Waals surface area contributed by atoms with E-state index < -0.39 is 17.6 Å². The molecule has 0 saturated carbocycles. The summed E-state index contributed by atoms with van der Waals surface area (Å²) in [6.45, 7) is 1.70. The number of likely N-dealkylation sites (tertiary alicyclic amines) is 1. The highest BCUT2D eigenvalue weighted by atomic mass is 19.1. The monoisotopic (exact) mass is 282 g/mol. The van der Waals surface area contributed by atoms with Crippen LogP contribution >= 0.6 is 0 Å². The predicted molar refractivity (Wildman–Crippen MR) is 73.0 cm³/mol. The van der Waals surface area contributed by atoms with E-state index in [-0.39, 0.29) is 18.9 Å². The highest BCUT2D eigenvalue weighted by Crippen LogP contribution is 2.17. The van der Waals surface area contributed by atoms with Crippen molar-refractivity contribution in [3.63, 3.8) is 0 Å². The molecule has 1 aliphatic heterocycles. The standard InChI is InChI=1S/C15H20F2N2O/c16-13-7-11(8-14(17)9-13)6-12(10-18)15(20)19-4-2-1-3-5-19/h7-9,12H,1-6,10,18H2. The lowest BCUT2D eigenvalue weighted by Crippen LogP contribution is -2.42. The minimum absolute atomic E-state index is 0.00290. The lowest BCUT2D eigenvalue weighted by Gasteiger charge is -2.30. The first-order chi connectivity index (χ1) is 9.60. The third kappa shape index (κ3) is 3.76. The van der Waals surface area contributed by atoms with E-state index in [4.69, 9.17) is 5.73 Å². The summed E-state index contributed by atoms with van der Waals surface area (Å²) < 4.78 is 26.3. The van der Waals surface area contributed by atoms with Gasteiger partial charge in [0.05, 0.1) is 5.92 Å². The molecule has 2 N–H and O–H groups in total. The quantitative estimate of drug-likeness (QED) is 0.919. The first-order valence-electron chi connectivity index (χ1n) is 7.04. The molecule has 1 saturated heterocycles. The molecular weight excluding hydrogens is 262 g/mol. The zero-order valence-corrected chi connectivity index (χ0v) is 11.4. The number of nitrogens with zero attached hydrogens (tertiary/aromatic N) is 1. The van der Waals surface area contributed by atoms with Crippen LogP contribution < -0.4 is 5.73 Å². The van der Waals surface area contributed by atoms with Gasteiger partial charge in [-0.25, -0.2) is 8.78 Å². The third-order valence-corrected chi connectivity index (χ3v) is 3.71. The Hall–Kier alpha value is -1.49. The van der Waals surface area contributed by atoms with Crippen molar-refractivity contribution in [3.8, 4) is 0 Å². The van der Waals surface area contributed by atoms with Gasteiger partial charge in [-0.2, -0.15) is 0 Å². The van der Waals surface area contributed by atoms with Gasteiger partial charge in [0.2, 0.25) is 5.91 Å². The first kappa shape index (κ1) is 14.9. The van der Waals surface area contributed by atoms with Crippen molar-refractivity contribution in [1.29, 1.82) is 0 Å². The van der Waals surface area contributed by atoms with Gasteiger partial charge >= 0.3 is 0 Å². The lowest BCUT2D eigenvalue weighted by molar-refractivity contribution is -0.136. The Morgan fingerprint density at radius 2 is 1.75 bits per heavy atom. The van der Waals surface area contributed by atoms with Gasteiger partial charge in [-0.05, 0) is 43.4 Å². The molecule has 1 fully saturated rings. The van der Waals surface area contributed by atoms with E-state index >= 15 is 0 Å². The van der Waals surface area contributed by atoms with Crippen LogP contribution in [0, 0.1) is 17.6 Å². The molecule has 0 aromatic heterocycles. The molecule has 5 heteroatoms. The average Bonchev–Trinajstić information content (AvgIpc) is 2.44. The van der Waals surface area contributed by atoms with Crippen molar-refractivity contribution >= 4 is 5.91 Å².